The quantitative estimate of drug-likeness (QED) is 0.614. The maximum atomic E-state index is 12.4. The van der Waals surface area contributed by atoms with E-state index in [9.17, 15) is 9.59 Å². The van der Waals surface area contributed by atoms with Crippen LogP contribution < -0.4 is 21.1 Å². The van der Waals surface area contributed by atoms with Crippen LogP contribution in [-0.2, 0) is 0 Å². The first-order valence-electron chi connectivity index (χ1n) is 7.50. The number of hydrogen-bond acceptors (Lipinski definition) is 7. The Bertz CT molecular complexity index is 925. The molecule has 26 heavy (non-hydrogen) atoms. The van der Waals surface area contributed by atoms with E-state index in [1.54, 1.807) is 55.9 Å². The fourth-order valence-corrected chi connectivity index (χ4v) is 2.99. The van der Waals surface area contributed by atoms with Gasteiger partial charge in [0.05, 0.1) is 19.0 Å². The normalized spacial score (nSPS) is 10.2. The number of carbonyl (C=O) groups is 2. The third-order valence-electron chi connectivity index (χ3n) is 3.35. The number of nitrogens with zero attached hydrogens (tertiary/aromatic N) is 2. The van der Waals surface area contributed by atoms with Gasteiger partial charge in [-0.2, -0.15) is 0 Å². The molecule has 3 rings (SSSR count). The number of nitrogens with two attached hydrogens (primary N) is 1. The number of ether oxygens (including phenoxy) is 1. The molecule has 9 heteroatoms. The van der Waals surface area contributed by atoms with Gasteiger partial charge in [-0.25, -0.2) is 4.98 Å². The number of aromatic nitrogens is 2. The summed E-state index contributed by atoms with van der Waals surface area (Å²) in [5, 5.41) is 6.37. The first kappa shape index (κ1) is 17.4. The summed E-state index contributed by atoms with van der Waals surface area (Å²) in [6.45, 7) is 0. The van der Waals surface area contributed by atoms with E-state index in [4.69, 9.17) is 10.5 Å². The SMILES string of the molecule is COc1ccc(C(=O)Nc2sc(Nc3cccnc3)nc2C(N)=O)cc1. The minimum atomic E-state index is -0.731. The number of anilines is 3. The molecular formula is C17H15N5O3S. The molecule has 132 valence electrons. The standard InChI is InChI=1S/C17H15N5O3S/c1-25-12-6-4-10(5-7-12)15(24)22-16-13(14(18)23)21-17(26-16)20-11-3-2-8-19-9-11/h2-9H,1H3,(H2,18,23)(H,20,21)(H,22,24). The molecule has 0 aliphatic rings. The lowest BCUT2D eigenvalue weighted by Gasteiger charge is -2.05. The van der Waals surface area contributed by atoms with Gasteiger partial charge in [0.2, 0.25) is 0 Å². The number of nitrogens with one attached hydrogen (secondary N) is 2. The molecule has 0 fully saturated rings. The molecule has 2 amide bonds. The Morgan fingerprint density at radius 2 is 1.96 bits per heavy atom. The third-order valence-corrected chi connectivity index (χ3v) is 4.24. The molecule has 8 nitrogen and oxygen atoms in total. The highest BCUT2D eigenvalue weighted by Gasteiger charge is 2.19. The van der Waals surface area contributed by atoms with Crippen molar-refractivity contribution in [2.75, 3.05) is 17.7 Å². The Balaban J connectivity index is 1.81. The second kappa shape index (κ2) is 7.62. The Labute approximate surface area is 153 Å². The van der Waals surface area contributed by atoms with E-state index in [1.807, 2.05) is 0 Å². The van der Waals surface area contributed by atoms with Crippen LogP contribution in [0.15, 0.2) is 48.8 Å². The molecule has 0 aliphatic heterocycles. The van der Waals surface area contributed by atoms with Gasteiger partial charge in [-0.05, 0) is 36.4 Å². The molecule has 2 heterocycles. The number of primary amides is 1. The lowest BCUT2D eigenvalue weighted by atomic mass is 10.2. The maximum absolute atomic E-state index is 12.4. The zero-order valence-electron chi connectivity index (χ0n) is 13.7. The average Bonchev–Trinajstić information content (AvgIpc) is 3.05. The summed E-state index contributed by atoms with van der Waals surface area (Å²) in [6.07, 6.45) is 3.25. The minimum absolute atomic E-state index is 0.0109. The van der Waals surface area contributed by atoms with E-state index in [0.717, 1.165) is 11.3 Å². The molecule has 0 atom stereocenters. The molecule has 0 aliphatic carbocycles. The Morgan fingerprint density at radius 3 is 2.58 bits per heavy atom. The van der Waals surface area contributed by atoms with E-state index in [0.29, 0.717) is 22.1 Å². The van der Waals surface area contributed by atoms with Gasteiger partial charge in [-0.15, -0.1) is 0 Å². The second-order valence-electron chi connectivity index (χ2n) is 5.11. The summed E-state index contributed by atoms with van der Waals surface area (Å²) in [6, 6.07) is 10.1. The van der Waals surface area contributed by atoms with Gasteiger partial charge in [-0.3, -0.25) is 14.6 Å². The maximum Gasteiger partial charge on any atom is 0.270 e. The number of thiazole rings is 1. The number of carbonyl (C=O) groups excluding carboxylic acids is 2. The van der Waals surface area contributed by atoms with Gasteiger partial charge in [0, 0.05) is 11.8 Å². The molecule has 1 aromatic carbocycles. The van der Waals surface area contributed by atoms with Crippen LogP contribution >= 0.6 is 11.3 Å². The molecule has 4 N–H and O–H groups in total. The fourth-order valence-electron chi connectivity index (χ4n) is 2.10. The second-order valence-corrected chi connectivity index (χ2v) is 6.11. The number of benzene rings is 1. The van der Waals surface area contributed by atoms with Gasteiger partial charge in [0.25, 0.3) is 11.8 Å². The smallest absolute Gasteiger partial charge is 0.270 e. The molecule has 0 bridgehead atoms. The van der Waals surface area contributed by atoms with Crippen LogP contribution in [0.4, 0.5) is 15.8 Å². The molecular weight excluding hydrogens is 354 g/mol. The zero-order chi connectivity index (χ0) is 18.5. The van der Waals surface area contributed by atoms with Crippen molar-refractivity contribution in [3.63, 3.8) is 0 Å². The van der Waals surface area contributed by atoms with Crippen molar-refractivity contribution in [3.05, 3.63) is 60.0 Å². The molecule has 0 spiro atoms. The van der Waals surface area contributed by atoms with Crippen molar-refractivity contribution in [2.24, 2.45) is 5.73 Å². The minimum Gasteiger partial charge on any atom is -0.497 e. The number of methoxy groups -OCH3 is 1. The molecule has 0 saturated heterocycles. The van der Waals surface area contributed by atoms with Crippen LogP contribution in [0.2, 0.25) is 0 Å². The predicted molar refractivity (Wildman–Crippen MR) is 99.1 cm³/mol. The lowest BCUT2D eigenvalue weighted by molar-refractivity contribution is 0.0997. The van der Waals surface area contributed by atoms with E-state index in [2.05, 4.69) is 20.6 Å². The van der Waals surface area contributed by atoms with Gasteiger partial charge in [0.1, 0.15) is 10.8 Å². The number of pyridine rings is 1. The molecule has 2 aromatic heterocycles. The van der Waals surface area contributed by atoms with Gasteiger partial charge >= 0.3 is 0 Å². The highest BCUT2D eigenvalue weighted by atomic mass is 32.1. The van der Waals surface area contributed by atoms with Crippen LogP contribution in [0.5, 0.6) is 5.75 Å². The van der Waals surface area contributed by atoms with Crippen LogP contribution in [0.25, 0.3) is 0 Å². The van der Waals surface area contributed by atoms with Crippen LogP contribution in [0.1, 0.15) is 20.8 Å². The number of rotatable bonds is 6. The van der Waals surface area contributed by atoms with Gasteiger partial charge in [0.15, 0.2) is 10.8 Å². The third kappa shape index (κ3) is 3.95. The van der Waals surface area contributed by atoms with Crippen molar-refractivity contribution in [3.8, 4) is 5.75 Å². The lowest BCUT2D eigenvalue weighted by Crippen LogP contribution is -2.17. The van der Waals surface area contributed by atoms with E-state index < -0.39 is 5.91 Å². The van der Waals surface area contributed by atoms with Crippen LogP contribution in [-0.4, -0.2) is 28.9 Å². The molecule has 0 saturated carbocycles. The topological polar surface area (TPSA) is 119 Å². The summed E-state index contributed by atoms with van der Waals surface area (Å²) in [5.41, 5.74) is 6.47. The first-order chi connectivity index (χ1) is 12.6. The summed E-state index contributed by atoms with van der Waals surface area (Å²) in [4.78, 5) is 32.2. The summed E-state index contributed by atoms with van der Waals surface area (Å²) < 4.78 is 5.06. The van der Waals surface area contributed by atoms with Crippen molar-refractivity contribution in [1.29, 1.82) is 0 Å². The van der Waals surface area contributed by atoms with Crippen molar-refractivity contribution in [2.45, 2.75) is 0 Å². The van der Waals surface area contributed by atoms with E-state index in [1.165, 1.54) is 0 Å². The highest BCUT2D eigenvalue weighted by molar-refractivity contribution is 7.20. The van der Waals surface area contributed by atoms with Crippen molar-refractivity contribution >= 4 is 39.0 Å². The largest absolute Gasteiger partial charge is 0.497 e. The average molecular weight is 369 g/mol. The number of hydrogen-bond donors (Lipinski definition) is 3. The summed E-state index contributed by atoms with van der Waals surface area (Å²) in [5.74, 6) is -0.475. The number of amides is 2. The monoisotopic (exact) mass is 369 g/mol. The fraction of sp³-hybridized carbons (Fsp3) is 0.0588. The van der Waals surface area contributed by atoms with Gasteiger partial charge in [-0.1, -0.05) is 11.3 Å². The molecule has 0 unspecified atom stereocenters. The van der Waals surface area contributed by atoms with Crippen molar-refractivity contribution < 1.29 is 14.3 Å². The predicted octanol–water partition coefficient (Wildman–Crippen LogP) is 2.64. The Morgan fingerprint density at radius 1 is 1.19 bits per heavy atom. The van der Waals surface area contributed by atoms with E-state index in [-0.39, 0.29) is 16.6 Å². The molecule has 0 radical (unpaired) electrons. The Hall–Kier alpha value is -3.46. The van der Waals surface area contributed by atoms with Gasteiger partial charge < -0.3 is 21.1 Å². The summed E-state index contributed by atoms with van der Waals surface area (Å²) in [7, 11) is 1.54. The van der Waals surface area contributed by atoms with Crippen LogP contribution in [0, 0.1) is 0 Å². The van der Waals surface area contributed by atoms with Crippen molar-refractivity contribution in [1.82, 2.24) is 9.97 Å². The highest BCUT2D eigenvalue weighted by Crippen LogP contribution is 2.30. The molecule has 3 aromatic rings. The summed E-state index contributed by atoms with van der Waals surface area (Å²) >= 11 is 1.11. The Kier molecular flexibility index (Phi) is 5.09. The first-order valence-corrected chi connectivity index (χ1v) is 8.31. The zero-order valence-corrected chi connectivity index (χ0v) is 14.5. The van der Waals surface area contributed by atoms with E-state index >= 15 is 0 Å². The van der Waals surface area contributed by atoms with Crippen LogP contribution in [0.3, 0.4) is 0 Å².